The van der Waals surface area contributed by atoms with Gasteiger partial charge in [-0.05, 0) is 18.2 Å². The Kier molecular flexibility index (Phi) is 3.62. The quantitative estimate of drug-likeness (QED) is 0.609. The number of aromatic amines is 1. The average Bonchev–Trinajstić information content (AvgIpc) is 3.10. The zero-order chi connectivity index (χ0) is 16.5. The van der Waals surface area contributed by atoms with Crippen LogP contribution in [0.15, 0.2) is 41.0 Å². The minimum Gasteiger partial charge on any atom is -0.478 e. The molecule has 4 rings (SSSR count). The molecule has 2 aliphatic heterocycles. The molecule has 1 fully saturated rings. The van der Waals surface area contributed by atoms with Crippen LogP contribution in [0.25, 0.3) is 10.9 Å². The normalized spacial score (nSPS) is 18.6. The molecule has 0 bridgehead atoms. The number of fused-ring (bicyclic) bond motifs is 1. The van der Waals surface area contributed by atoms with Crippen molar-refractivity contribution in [1.82, 2.24) is 25.8 Å². The number of rotatable bonds is 2. The Hall–Kier alpha value is -2.94. The maximum atomic E-state index is 6.24. The van der Waals surface area contributed by atoms with Crippen LogP contribution in [0.2, 0.25) is 0 Å². The minimum absolute atomic E-state index is 0.398. The number of nitrogens with two attached hydrogens (primary N) is 1. The van der Waals surface area contributed by atoms with E-state index in [-0.39, 0.29) is 0 Å². The lowest BCUT2D eigenvalue weighted by atomic mass is 10.2. The van der Waals surface area contributed by atoms with Crippen molar-refractivity contribution >= 4 is 22.5 Å². The fourth-order valence-corrected chi connectivity index (χ4v) is 2.90. The molecule has 2 aromatic rings. The number of hydrazone groups is 1. The molecule has 0 aliphatic carbocycles. The van der Waals surface area contributed by atoms with E-state index in [1.165, 1.54) is 0 Å². The van der Waals surface area contributed by atoms with Gasteiger partial charge in [-0.3, -0.25) is 10.5 Å². The molecule has 2 aliphatic rings. The summed E-state index contributed by atoms with van der Waals surface area (Å²) in [5.74, 6) is 1.21. The molecule has 0 radical (unpaired) electrons. The molecule has 0 atom stereocenters. The fraction of sp³-hybridized carbons (Fsp3) is 0.333. The number of aromatic nitrogens is 2. The first-order valence-corrected chi connectivity index (χ1v) is 7.84. The van der Waals surface area contributed by atoms with Gasteiger partial charge in [0.05, 0.1) is 24.5 Å². The highest BCUT2D eigenvalue weighted by Crippen LogP contribution is 2.23. The molecule has 0 unspecified atom stereocenters. The van der Waals surface area contributed by atoms with Gasteiger partial charge >= 0.3 is 0 Å². The van der Waals surface area contributed by atoms with E-state index in [4.69, 9.17) is 10.5 Å². The second kappa shape index (κ2) is 5.93. The van der Waals surface area contributed by atoms with Crippen LogP contribution in [-0.2, 0) is 4.74 Å². The van der Waals surface area contributed by atoms with Crippen molar-refractivity contribution in [3.63, 3.8) is 0 Å². The number of anilines is 1. The molecule has 9 nitrogen and oxygen atoms in total. The van der Waals surface area contributed by atoms with Gasteiger partial charge in [0.2, 0.25) is 0 Å². The molecule has 0 spiro atoms. The summed E-state index contributed by atoms with van der Waals surface area (Å²) < 4.78 is 5.37. The maximum absolute atomic E-state index is 6.24. The van der Waals surface area contributed by atoms with E-state index in [9.17, 15) is 0 Å². The Morgan fingerprint density at radius 2 is 2.08 bits per heavy atom. The van der Waals surface area contributed by atoms with Gasteiger partial charge in [0.25, 0.3) is 5.90 Å². The van der Waals surface area contributed by atoms with Gasteiger partial charge in [0, 0.05) is 31.6 Å². The first kappa shape index (κ1) is 14.6. The number of ether oxygens (including phenoxy) is 1. The number of hydrogen-bond donors (Lipinski definition) is 4. The highest BCUT2D eigenvalue weighted by atomic mass is 16.5. The largest absolute Gasteiger partial charge is 0.478 e. The van der Waals surface area contributed by atoms with Gasteiger partial charge in [-0.1, -0.05) is 0 Å². The number of hydrazine groups is 1. The van der Waals surface area contributed by atoms with Gasteiger partial charge in [-0.15, -0.1) is 5.10 Å². The van der Waals surface area contributed by atoms with E-state index in [0.717, 1.165) is 48.6 Å². The predicted molar refractivity (Wildman–Crippen MR) is 91.8 cm³/mol. The summed E-state index contributed by atoms with van der Waals surface area (Å²) in [6.07, 6.45) is 1.78. The van der Waals surface area contributed by atoms with Crippen LogP contribution in [0, 0.1) is 0 Å². The smallest absolute Gasteiger partial charge is 0.260 e. The van der Waals surface area contributed by atoms with E-state index in [2.05, 4.69) is 30.9 Å². The summed E-state index contributed by atoms with van der Waals surface area (Å²) in [4.78, 5) is 2.20. The fourth-order valence-electron chi connectivity index (χ4n) is 2.90. The molecule has 3 heterocycles. The van der Waals surface area contributed by atoms with Crippen molar-refractivity contribution < 1.29 is 4.74 Å². The Balaban J connectivity index is 1.68. The summed E-state index contributed by atoms with van der Waals surface area (Å²) in [7, 11) is 1.57. The van der Waals surface area contributed by atoms with E-state index < -0.39 is 0 Å². The lowest BCUT2D eigenvalue weighted by molar-refractivity contribution is 0.270. The first-order chi connectivity index (χ1) is 11.8. The topological polar surface area (TPSA) is 107 Å². The zero-order valence-electron chi connectivity index (χ0n) is 13.4. The van der Waals surface area contributed by atoms with Crippen molar-refractivity contribution in [2.75, 3.05) is 38.4 Å². The molecule has 9 heteroatoms. The number of methoxy groups -OCH3 is 1. The minimum atomic E-state index is 0.398. The molecule has 0 saturated carbocycles. The zero-order valence-corrected chi connectivity index (χ0v) is 13.4. The van der Waals surface area contributed by atoms with Gasteiger partial charge in [-0.2, -0.15) is 10.2 Å². The van der Waals surface area contributed by atoms with E-state index in [1.807, 2.05) is 18.2 Å². The van der Waals surface area contributed by atoms with Gasteiger partial charge in [0.15, 0.2) is 5.82 Å². The molecule has 24 heavy (non-hydrogen) atoms. The average molecular weight is 328 g/mol. The monoisotopic (exact) mass is 328 g/mol. The van der Waals surface area contributed by atoms with Crippen LogP contribution in [0.3, 0.4) is 0 Å². The van der Waals surface area contributed by atoms with Crippen molar-refractivity contribution in [2.45, 2.75) is 0 Å². The summed E-state index contributed by atoms with van der Waals surface area (Å²) in [5, 5.41) is 17.5. The summed E-state index contributed by atoms with van der Waals surface area (Å²) in [5.41, 5.74) is 11.9. The Morgan fingerprint density at radius 3 is 2.88 bits per heavy atom. The van der Waals surface area contributed by atoms with Crippen LogP contribution >= 0.6 is 0 Å². The first-order valence-electron chi connectivity index (χ1n) is 7.84. The number of H-pyrrole nitrogens is 1. The second-order valence-electron chi connectivity index (χ2n) is 5.67. The molecule has 5 N–H and O–H groups in total. The molecule has 1 aromatic heterocycles. The third-order valence-electron chi connectivity index (χ3n) is 4.18. The van der Waals surface area contributed by atoms with Gasteiger partial charge in [-0.25, -0.2) is 0 Å². The molecule has 0 amide bonds. The Labute approximate surface area is 139 Å². The van der Waals surface area contributed by atoms with Crippen molar-refractivity contribution in [1.29, 1.82) is 0 Å². The van der Waals surface area contributed by atoms with Crippen LogP contribution in [0.5, 0.6) is 0 Å². The maximum Gasteiger partial charge on any atom is 0.260 e. The Bertz CT molecular complexity index is 805. The highest BCUT2D eigenvalue weighted by molar-refractivity contribution is 5.95. The Morgan fingerprint density at radius 1 is 1.25 bits per heavy atom. The molecule has 126 valence electrons. The number of hydrogen-bond acceptors (Lipinski definition) is 8. The summed E-state index contributed by atoms with van der Waals surface area (Å²) >= 11 is 0. The number of benzene rings is 1. The molecule has 1 saturated heterocycles. The highest BCUT2D eigenvalue weighted by Gasteiger charge is 2.26. The lowest BCUT2D eigenvalue weighted by Gasteiger charge is -2.37. The summed E-state index contributed by atoms with van der Waals surface area (Å²) in [6.45, 7) is 3.57. The van der Waals surface area contributed by atoms with E-state index in [1.54, 1.807) is 18.4 Å². The molecular weight excluding hydrogens is 308 g/mol. The van der Waals surface area contributed by atoms with E-state index in [0.29, 0.717) is 11.6 Å². The van der Waals surface area contributed by atoms with Crippen molar-refractivity contribution in [3.8, 4) is 0 Å². The van der Waals surface area contributed by atoms with Crippen molar-refractivity contribution in [3.05, 3.63) is 35.9 Å². The number of nitrogens with one attached hydrogen (secondary N) is 3. The van der Waals surface area contributed by atoms with Crippen LogP contribution in [0.4, 0.5) is 5.69 Å². The SMILES string of the molecule is COC1=NN(c2ccc3[nH]ncc3c2)NC(N2CCNCC2)=C1N. The van der Waals surface area contributed by atoms with Crippen LogP contribution < -0.4 is 21.6 Å². The predicted octanol–water partition coefficient (Wildman–Crippen LogP) is -0.120. The number of nitrogens with zero attached hydrogens (tertiary/aromatic N) is 4. The van der Waals surface area contributed by atoms with Crippen LogP contribution in [0.1, 0.15) is 0 Å². The number of piperazine rings is 1. The third kappa shape index (κ3) is 2.48. The lowest BCUT2D eigenvalue weighted by Crippen LogP contribution is -2.52. The third-order valence-corrected chi connectivity index (χ3v) is 4.18. The molecule has 1 aromatic carbocycles. The van der Waals surface area contributed by atoms with E-state index >= 15 is 0 Å². The van der Waals surface area contributed by atoms with Crippen molar-refractivity contribution in [2.24, 2.45) is 10.8 Å². The second-order valence-corrected chi connectivity index (χ2v) is 5.67. The van der Waals surface area contributed by atoms with Gasteiger partial charge in [0.1, 0.15) is 5.70 Å². The summed E-state index contributed by atoms with van der Waals surface area (Å²) in [6, 6.07) is 5.92. The van der Waals surface area contributed by atoms with Gasteiger partial charge < -0.3 is 20.7 Å². The standard InChI is InChI=1S/C15H20N8O/c1-24-15-13(16)14(22-6-4-17-5-7-22)20-23(21-15)11-2-3-12-10(8-11)9-18-19-12/h2-3,8-9,17,20H,4-7,16H2,1H3,(H,18,19). The van der Waals surface area contributed by atoms with Crippen LogP contribution in [-0.4, -0.2) is 54.3 Å². The molecular formula is C15H20N8O.